The van der Waals surface area contributed by atoms with Crippen LogP contribution in [-0.2, 0) is 47.7 Å². The summed E-state index contributed by atoms with van der Waals surface area (Å²) in [4.78, 5) is 56.4. The first-order chi connectivity index (χ1) is 14.4. The van der Waals surface area contributed by atoms with Gasteiger partial charge in [-0.3, -0.25) is 24.0 Å². The van der Waals surface area contributed by atoms with Crippen LogP contribution in [0.1, 0.15) is 53.9 Å². The molecule has 0 saturated heterocycles. The maximum atomic E-state index is 11.7. The summed E-state index contributed by atoms with van der Waals surface area (Å²) in [6, 6.07) is -1.26. The standard InChI is InChI=1S/C19H31NO11/c1-11(10-28-13(3)22)29-18(27-9-7-6-8-16(25)26)17(20-12(2)21)19(30-14(4)23)31-15(5)24/h11,17-19H,6-10H2,1-5H3,(H,20,21)(H,25,26). The Morgan fingerprint density at radius 2 is 1.45 bits per heavy atom. The van der Waals surface area contributed by atoms with Gasteiger partial charge in [0.25, 0.3) is 6.29 Å². The van der Waals surface area contributed by atoms with Crippen LogP contribution < -0.4 is 5.32 Å². The van der Waals surface area contributed by atoms with E-state index in [9.17, 15) is 24.0 Å². The molecule has 0 aromatic heterocycles. The first-order valence-corrected chi connectivity index (χ1v) is 9.66. The van der Waals surface area contributed by atoms with Crippen LogP contribution in [0.3, 0.4) is 0 Å². The number of unbranched alkanes of at least 4 members (excludes halogenated alkanes) is 1. The number of carbonyl (C=O) groups excluding carboxylic acids is 4. The molecular weight excluding hydrogens is 418 g/mol. The van der Waals surface area contributed by atoms with E-state index in [4.69, 9.17) is 28.8 Å². The van der Waals surface area contributed by atoms with Crippen LogP contribution in [0.4, 0.5) is 0 Å². The fourth-order valence-corrected chi connectivity index (χ4v) is 2.31. The molecule has 0 bridgehead atoms. The highest BCUT2D eigenvalue weighted by Gasteiger charge is 2.37. The van der Waals surface area contributed by atoms with Crippen molar-refractivity contribution in [1.82, 2.24) is 5.32 Å². The molecule has 0 radical (unpaired) electrons. The fraction of sp³-hybridized carbons (Fsp3) is 0.737. The van der Waals surface area contributed by atoms with Crippen molar-refractivity contribution >= 4 is 29.8 Å². The maximum absolute atomic E-state index is 11.7. The van der Waals surface area contributed by atoms with E-state index < -0.39 is 54.5 Å². The second-order valence-corrected chi connectivity index (χ2v) is 6.65. The maximum Gasteiger partial charge on any atom is 0.305 e. The summed E-state index contributed by atoms with van der Waals surface area (Å²) >= 11 is 0. The molecule has 12 heteroatoms. The summed E-state index contributed by atoms with van der Waals surface area (Å²) in [6.07, 6.45) is -2.95. The second-order valence-electron chi connectivity index (χ2n) is 6.65. The average molecular weight is 449 g/mol. The number of hydrogen-bond acceptors (Lipinski definition) is 10. The Hall–Kier alpha value is -2.73. The van der Waals surface area contributed by atoms with Crippen LogP contribution in [0.5, 0.6) is 0 Å². The molecule has 1 amide bonds. The lowest BCUT2D eigenvalue weighted by molar-refractivity contribution is -0.239. The number of aliphatic carboxylic acids is 1. The van der Waals surface area contributed by atoms with Gasteiger partial charge in [0.15, 0.2) is 12.3 Å². The molecule has 0 aromatic rings. The van der Waals surface area contributed by atoms with E-state index >= 15 is 0 Å². The number of ether oxygens (including phenoxy) is 5. The Morgan fingerprint density at radius 3 is 1.90 bits per heavy atom. The number of carboxylic acids is 1. The smallest absolute Gasteiger partial charge is 0.305 e. The van der Waals surface area contributed by atoms with Crippen molar-refractivity contribution in [1.29, 1.82) is 0 Å². The lowest BCUT2D eigenvalue weighted by atomic mass is 10.2. The number of nitrogens with one attached hydrogen (secondary N) is 1. The highest BCUT2D eigenvalue weighted by Crippen LogP contribution is 2.16. The molecule has 3 unspecified atom stereocenters. The molecule has 31 heavy (non-hydrogen) atoms. The predicted molar refractivity (Wildman–Crippen MR) is 103 cm³/mol. The van der Waals surface area contributed by atoms with Gasteiger partial charge in [0.2, 0.25) is 5.91 Å². The van der Waals surface area contributed by atoms with Gasteiger partial charge in [0.1, 0.15) is 6.61 Å². The minimum Gasteiger partial charge on any atom is -0.481 e. The van der Waals surface area contributed by atoms with E-state index in [1.54, 1.807) is 6.92 Å². The number of rotatable bonds is 15. The van der Waals surface area contributed by atoms with Gasteiger partial charge in [-0.2, -0.15) is 0 Å². The molecular formula is C19H31NO11. The minimum atomic E-state index is -1.57. The average Bonchev–Trinajstić information content (AvgIpc) is 2.61. The van der Waals surface area contributed by atoms with E-state index in [-0.39, 0.29) is 19.6 Å². The van der Waals surface area contributed by atoms with Gasteiger partial charge >= 0.3 is 23.9 Å². The van der Waals surface area contributed by atoms with E-state index in [2.05, 4.69) is 5.32 Å². The number of carbonyl (C=O) groups is 5. The molecule has 178 valence electrons. The van der Waals surface area contributed by atoms with Crippen molar-refractivity contribution in [2.75, 3.05) is 13.2 Å². The molecule has 0 saturated carbocycles. The molecule has 0 rings (SSSR count). The highest BCUT2D eigenvalue weighted by atomic mass is 16.7. The molecule has 0 aromatic carbocycles. The van der Waals surface area contributed by atoms with Gasteiger partial charge in [-0.15, -0.1) is 0 Å². The van der Waals surface area contributed by atoms with Crippen LogP contribution in [0.2, 0.25) is 0 Å². The molecule has 0 aliphatic heterocycles. The summed E-state index contributed by atoms with van der Waals surface area (Å²) in [7, 11) is 0. The van der Waals surface area contributed by atoms with Crippen LogP contribution >= 0.6 is 0 Å². The van der Waals surface area contributed by atoms with Gasteiger partial charge in [0.05, 0.1) is 6.10 Å². The lowest BCUT2D eigenvalue weighted by Gasteiger charge is -2.33. The van der Waals surface area contributed by atoms with Crippen molar-refractivity contribution in [3.63, 3.8) is 0 Å². The molecule has 0 aliphatic rings. The highest BCUT2D eigenvalue weighted by molar-refractivity contribution is 5.73. The third kappa shape index (κ3) is 14.8. The van der Waals surface area contributed by atoms with Crippen molar-refractivity contribution in [2.45, 2.75) is 78.6 Å². The summed E-state index contributed by atoms with van der Waals surface area (Å²) in [5, 5.41) is 11.2. The summed E-state index contributed by atoms with van der Waals surface area (Å²) in [5.41, 5.74) is 0. The minimum absolute atomic E-state index is 0.0289. The number of esters is 3. The molecule has 0 aliphatic carbocycles. The predicted octanol–water partition coefficient (Wildman–Crippen LogP) is 0.509. The molecule has 12 nitrogen and oxygen atoms in total. The monoisotopic (exact) mass is 449 g/mol. The van der Waals surface area contributed by atoms with Gasteiger partial charge < -0.3 is 34.1 Å². The molecule has 0 heterocycles. The second kappa shape index (κ2) is 15.1. The Balaban J connectivity index is 5.55. The zero-order valence-electron chi connectivity index (χ0n) is 18.4. The summed E-state index contributed by atoms with van der Waals surface area (Å²) < 4.78 is 26.3. The lowest BCUT2D eigenvalue weighted by Crippen LogP contribution is -2.55. The first-order valence-electron chi connectivity index (χ1n) is 9.66. The van der Waals surface area contributed by atoms with E-state index in [0.717, 1.165) is 13.8 Å². The van der Waals surface area contributed by atoms with Gasteiger partial charge in [-0.1, -0.05) is 0 Å². The number of amides is 1. The van der Waals surface area contributed by atoms with Crippen molar-refractivity contribution < 1.29 is 52.8 Å². The van der Waals surface area contributed by atoms with E-state index in [1.165, 1.54) is 13.8 Å². The summed E-state index contributed by atoms with van der Waals surface area (Å²) in [6.45, 7) is 6.06. The van der Waals surface area contributed by atoms with Crippen LogP contribution in [0, 0.1) is 0 Å². The van der Waals surface area contributed by atoms with Crippen LogP contribution in [0.15, 0.2) is 0 Å². The third-order valence-electron chi connectivity index (χ3n) is 3.48. The van der Waals surface area contributed by atoms with Gasteiger partial charge in [-0.25, -0.2) is 0 Å². The van der Waals surface area contributed by atoms with Gasteiger partial charge in [-0.05, 0) is 19.8 Å². The van der Waals surface area contributed by atoms with Crippen LogP contribution in [0.25, 0.3) is 0 Å². The number of carboxylic acid groups (broad SMARTS) is 1. The van der Waals surface area contributed by atoms with Gasteiger partial charge in [0, 0.05) is 40.7 Å². The number of hydrogen-bond donors (Lipinski definition) is 2. The largest absolute Gasteiger partial charge is 0.481 e. The Kier molecular flexibility index (Phi) is 13.8. The quantitative estimate of drug-likeness (QED) is 0.203. The van der Waals surface area contributed by atoms with Crippen molar-refractivity contribution in [3.05, 3.63) is 0 Å². The van der Waals surface area contributed by atoms with E-state index in [1.807, 2.05) is 0 Å². The van der Waals surface area contributed by atoms with E-state index in [0.29, 0.717) is 12.8 Å². The molecule has 2 N–H and O–H groups in total. The normalized spacial score (nSPS) is 13.6. The first kappa shape index (κ1) is 28.3. The molecule has 0 fully saturated rings. The topological polar surface area (TPSA) is 164 Å². The summed E-state index contributed by atoms with van der Waals surface area (Å²) in [5.74, 6) is -3.60. The van der Waals surface area contributed by atoms with Crippen molar-refractivity contribution in [3.8, 4) is 0 Å². The Labute approximate surface area is 180 Å². The fourth-order valence-electron chi connectivity index (χ4n) is 2.31. The Morgan fingerprint density at radius 1 is 0.871 bits per heavy atom. The zero-order chi connectivity index (χ0) is 24.0. The SMILES string of the molecule is CC(=O)NC(C(OC(C)=O)OC(C)=O)C(OCCCCC(=O)O)OC(C)COC(C)=O. The Bertz CT molecular complexity index is 606. The zero-order valence-corrected chi connectivity index (χ0v) is 18.4. The van der Waals surface area contributed by atoms with Crippen LogP contribution in [-0.4, -0.2) is 72.8 Å². The third-order valence-corrected chi connectivity index (χ3v) is 3.48. The molecule has 0 spiro atoms. The molecule has 3 atom stereocenters. The van der Waals surface area contributed by atoms with Crippen molar-refractivity contribution in [2.24, 2.45) is 0 Å².